The molecule has 1 saturated heterocycles. The second-order valence-corrected chi connectivity index (χ2v) is 4.83. The van der Waals surface area contributed by atoms with Gasteiger partial charge < -0.3 is 14.6 Å². The van der Waals surface area contributed by atoms with Gasteiger partial charge in [-0.15, -0.1) is 0 Å². The van der Waals surface area contributed by atoms with Gasteiger partial charge in [0.15, 0.2) is 5.82 Å². The van der Waals surface area contributed by atoms with Crippen molar-refractivity contribution >= 4 is 17.4 Å². The highest BCUT2D eigenvalue weighted by Gasteiger charge is 2.23. The van der Waals surface area contributed by atoms with Crippen LogP contribution in [0.4, 0.5) is 5.82 Å². The predicted octanol–water partition coefficient (Wildman–Crippen LogP) is 1.82. The molecule has 100 valence electrons. The first kappa shape index (κ1) is 13.4. The number of hydrogen-bond acceptors (Lipinski definition) is 4. The second kappa shape index (κ2) is 6.20. The van der Waals surface area contributed by atoms with Crippen LogP contribution >= 0.6 is 11.6 Å². The molecule has 0 aliphatic carbocycles. The van der Waals surface area contributed by atoms with Crippen LogP contribution in [0.25, 0.3) is 0 Å². The van der Waals surface area contributed by atoms with E-state index in [1.807, 2.05) is 4.90 Å². The van der Waals surface area contributed by atoms with E-state index in [9.17, 15) is 4.79 Å². The van der Waals surface area contributed by atoms with Gasteiger partial charge in [-0.1, -0.05) is 18.5 Å². The number of rotatable bonds is 4. The molecule has 0 radical (unpaired) electrons. The summed E-state index contributed by atoms with van der Waals surface area (Å²) < 4.78 is 5.76. The fraction of sp³-hybridized carbons (Fsp3) is 0.667. The van der Waals surface area contributed by atoms with E-state index in [2.05, 4.69) is 16.9 Å². The number of halogens is 1. The van der Waals surface area contributed by atoms with Gasteiger partial charge in [0.05, 0.1) is 12.4 Å². The van der Waals surface area contributed by atoms with E-state index in [0.717, 1.165) is 39.0 Å². The zero-order chi connectivity index (χ0) is 13.0. The van der Waals surface area contributed by atoms with Crippen LogP contribution in [0.15, 0.2) is 11.1 Å². The molecule has 18 heavy (non-hydrogen) atoms. The summed E-state index contributed by atoms with van der Waals surface area (Å²) in [5, 5.41) is 0.161. The van der Waals surface area contributed by atoms with Gasteiger partial charge in [-0.25, -0.2) is 4.98 Å². The third-order valence-electron chi connectivity index (χ3n) is 3.01. The Hall–Kier alpha value is -1.07. The number of nitrogens with one attached hydrogen (secondary N) is 1. The molecule has 1 unspecified atom stereocenters. The van der Waals surface area contributed by atoms with Crippen molar-refractivity contribution in [3.05, 3.63) is 21.7 Å². The van der Waals surface area contributed by atoms with Crippen LogP contribution < -0.4 is 10.5 Å². The van der Waals surface area contributed by atoms with Gasteiger partial charge in [-0.2, -0.15) is 0 Å². The van der Waals surface area contributed by atoms with E-state index >= 15 is 0 Å². The molecule has 1 aliphatic heterocycles. The normalized spacial score (nSPS) is 20.1. The minimum absolute atomic E-state index is 0.161. The van der Waals surface area contributed by atoms with Crippen molar-refractivity contribution in [1.29, 1.82) is 0 Å². The first-order valence-corrected chi connectivity index (χ1v) is 6.70. The summed E-state index contributed by atoms with van der Waals surface area (Å²) in [4.78, 5) is 20.1. The van der Waals surface area contributed by atoms with Gasteiger partial charge in [-0.05, 0) is 19.3 Å². The summed E-state index contributed by atoms with van der Waals surface area (Å²) in [6.07, 6.45) is 4.69. The average molecular weight is 272 g/mol. The van der Waals surface area contributed by atoms with Crippen LogP contribution in [0.1, 0.15) is 26.2 Å². The fourth-order valence-corrected chi connectivity index (χ4v) is 2.37. The molecule has 6 heteroatoms. The lowest BCUT2D eigenvalue weighted by Gasteiger charge is -2.33. The molecule has 0 amide bonds. The number of aromatic amines is 1. The number of H-pyrrole nitrogens is 1. The molecule has 1 atom stereocenters. The second-order valence-electron chi connectivity index (χ2n) is 4.45. The first-order valence-electron chi connectivity index (χ1n) is 6.32. The van der Waals surface area contributed by atoms with Crippen LogP contribution in [0.2, 0.25) is 5.02 Å². The zero-order valence-corrected chi connectivity index (χ0v) is 11.2. The minimum Gasteiger partial charge on any atom is -0.376 e. The largest absolute Gasteiger partial charge is 0.376 e. The third kappa shape index (κ3) is 3.03. The van der Waals surface area contributed by atoms with Gasteiger partial charge in [0.1, 0.15) is 5.02 Å². The Morgan fingerprint density at radius 2 is 2.50 bits per heavy atom. The van der Waals surface area contributed by atoms with Crippen LogP contribution in [0.3, 0.4) is 0 Å². The van der Waals surface area contributed by atoms with Crippen molar-refractivity contribution in [2.24, 2.45) is 0 Å². The molecule has 0 saturated carbocycles. The van der Waals surface area contributed by atoms with Gasteiger partial charge >= 0.3 is 0 Å². The van der Waals surface area contributed by atoms with Crippen molar-refractivity contribution in [3.63, 3.8) is 0 Å². The molecule has 0 bridgehead atoms. The number of aromatic nitrogens is 2. The van der Waals surface area contributed by atoms with E-state index < -0.39 is 0 Å². The Kier molecular flexibility index (Phi) is 4.60. The lowest BCUT2D eigenvalue weighted by atomic mass is 10.1. The average Bonchev–Trinajstić information content (AvgIpc) is 2.40. The van der Waals surface area contributed by atoms with Crippen LogP contribution in [-0.4, -0.2) is 35.8 Å². The maximum absolute atomic E-state index is 11.5. The summed E-state index contributed by atoms with van der Waals surface area (Å²) in [7, 11) is 0. The van der Waals surface area contributed by atoms with Crippen LogP contribution in [0.5, 0.6) is 0 Å². The highest BCUT2D eigenvalue weighted by Crippen LogP contribution is 2.23. The summed E-state index contributed by atoms with van der Waals surface area (Å²) in [5.74, 6) is 0.560. The Bertz CT molecular complexity index is 449. The summed E-state index contributed by atoms with van der Waals surface area (Å²) >= 11 is 5.99. The maximum Gasteiger partial charge on any atom is 0.271 e. The van der Waals surface area contributed by atoms with Gasteiger partial charge in [0, 0.05) is 19.7 Å². The minimum atomic E-state index is -0.293. The molecule has 1 N–H and O–H groups in total. The molecule has 0 spiro atoms. The number of piperidine rings is 1. The fourth-order valence-electron chi connectivity index (χ4n) is 2.15. The number of nitrogens with zero attached hydrogens (tertiary/aromatic N) is 2. The molecule has 0 aromatic carbocycles. The molecule has 1 aromatic rings. The van der Waals surface area contributed by atoms with Gasteiger partial charge in [-0.3, -0.25) is 4.79 Å². The first-order chi connectivity index (χ1) is 8.72. The Labute approximate surface area is 111 Å². The van der Waals surface area contributed by atoms with E-state index in [1.165, 1.54) is 6.33 Å². The highest BCUT2D eigenvalue weighted by atomic mass is 35.5. The smallest absolute Gasteiger partial charge is 0.271 e. The number of hydrogen-bond donors (Lipinski definition) is 1. The highest BCUT2D eigenvalue weighted by molar-refractivity contribution is 6.32. The summed E-state index contributed by atoms with van der Waals surface area (Å²) in [5.41, 5.74) is -0.293. The Balaban J connectivity index is 2.08. The Morgan fingerprint density at radius 1 is 1.67 bits per heavy atom. The molecule has 1 aromatic heterocycles. The summed E-state index contributed by atoms with van der Waals surface area (Å²) in [6, 6.07) is 0. The zero-order valence-electron chi connectivity index (χ0n) is 10.5. The quantitative estimate of drug-likeness (QED) is 0.908. The van der Waals surface area contributed by atoms with E-state index in [-0.39, 0.29) is 16.7 Å². The molecule has 1 fully saturated rings. The Morgan fingerprint density at radius 3 is 3.28 bits per heavy atom. The predicted molar refractivity (Wildman–Crippen MR) is 71.3 cm³/mol. The molecule has 1 aliphatic rings. The number of ether oxygens (including phenoxy) is 1. The van der Waals surface area contributed by atoms with E-state index in [0.29, 0.717) is 5.82 Å². The van der Waals surface area contributed by atoms with E-state index in [1.54, 1.807) is 0 Å². The summed E-state index contributed by atoms with van der Waals surface area (Å²) in [6.45, 7) is 4.48. The molecular formula is C12H18ClN3O2. The van der Waals surface area contributed by atoms with Gasteiger partial charge in [0.25, 0.3) is 5.56 Å². The van der Waals surface area contributed by atoms with Crippen molar-refractivity contribution in [1.82, 2.24) is 9.97 Å². The number of anilines is 1. The lowest BCUT2D eigenvalue weighted by molar-refractivity contribution is 0.0439. The van der Waals surface area contributed by atoms with Crippen molar-refractivity contribution in [3.8, 4) is 0 Å². The monoisotopic (exact) mass is 271 g/mol. The van der Waals surface area contributed by atoms with Crippen LogP contribution in [0, 0.1) is 0 Å². The topological polar surface area (TPSA) is 58.2 Å². The van der Waals surface area contributed by atoms with Crippen molar-refractivity contribution < 1.29 is 4.74 Å². The van der Waals surface area contributed by atoms with E-state index in [4.69, 9.17) is 16.3 Å². The standard InChI is InChI=1S/C12H18ClN3O2/c1-2-6-18-9-4-3-5-16(7-9)11-10(13)12(17)15-8-14-11/h8-9H,2-7H2,1H3,(H,14,15,17). The van der Waals surface area contributed by atoms with Gasteiger partial charge in [0.2, 0.25) is 0 Å². The third-order valence-corrected chi connectivity index (χ3v) is 3.35. The molecule has 2 heterocycles. The SMILES string of the molecule is CCCOC1CCCN(c2nc[nH]c(=O)c2Cl)C1. The maximum atomic E-state index is 11.5. The van der Waals surface area contributed by atoms with Crippen LogP contribution in [-0.2, 0) is 4.74 Å². The van der Waals surface area contributed by atoms with Crippen molar-refractivity contribution in [2.45, 2.75) is 32.3 Å². The molecule has 2 rings (SSSR count). The van der Waals surface area contributed by atoms with Crippen molar-refractivity contribution in [2.75, 3.05) is 24.6 Å². The lowest BCUT2D eigenvalue weighted by Crippen LogP contribution is -2.41. The molecular weight excluding hydrogens is 254 g/mol. The molecule has 5 nitrogen and oxygen atoms in total.